The predicted octanol–water partition coefficient (Wildman–Crippen LogP) is 0.128. The summed E-state index contributed by atoms with van der Waals surface area (Å²) in [5.41, 5.74) is 0.0465. The standard InChI is InChI=1S/C15H30N4O/c1-15(2,19-8-6-18(3)7-9-19)12-17-14(20)10-13-4-5-16-11-13/h13,16H,4-12H2,1-3H3,(H,17,20). The zero-order valence-electron chi connectivity index (χ0n) is 13.2. The van der Waals surface area contributed by atoms with Crippen LogP contribution in [0.25, 0.3) is 0 Å². The first-order chi connectivity index (χ1) is 9.47. The number of carbonyl (C=O) groups excluding carboxylic acids is 1. The van der Waals surface area contributed by atoms with Crippen LogP contribution in [0.15, 0.2) is 0 Å². The van der Waals surface area contributed by atoms with E-state index in [0.29, 0.717) is 12.3 Å². The molecule has 2 N–H and O–H groups in total. The lowest BCUT2D eigenvalue weighted by molar-refractivity contribution is -0.122. The van der Waals surface area contributed by atoms with Gasteiger partial charge in [-0.2, -0.15) is 0 Å². The molecule has 0 radical (unpaired) electrons. The highest BCUT2D eigenvalue weighted by Crippen LogP contribution is 2.16. The van der Waals surface area contributed by atoms with Crippen LogP contribution in [0.4, 0.5) is 0 Å². The van der Waals surface area contributed by atoms with Crippen LogP contribution in [-0.2, 0) is 4.79 Å². The maximum absolute atomic E-state index is 12.0. The summed E-state index contributed by atoms with van der Waals surface area (Å²) in [5.74, 6) is 0.739. The third-order valence-electron chi connectivity index (χ3n) is 4.71. The van der Waals surface area contributed by atoms with Crippen molar-refractivity contribution in [2.24, 2.45) is 5.92 Å². The molecule has 5 nitrogen and oxygen atoms in total. The highest BCUT2D eigenvalue weighted by molar-refractivity contribution is 5.76. The first-order valence-electron chi connectivity index (χ1n) is 7.88. The Hall–Kier alpha value is -0.650. The Morgan fingerprint density at radius 3 is 2.60 bits per heavy atom. The third kappa shape index (κ3) is 4.43. The summed E-state index contributed by atoms with van der Waals surface area (Å²) in [5, 5.41) is 6.45. The van der Waals surface area contributed by atoms with Crippen molar-refractivity contribution in [2.45, 2.75) is 32.2 Å². The first kappa shape index (κ1) is 15.7. The van der Waals surface area contributed by atoms with Gasteiger partial charge >= 0.3 is 0 Å². The van der Waals surface area contributed by atoms with E-state index in [9.17, 15) is 4.79 Å². The molecule has 2 aliphatic heterocycles. The van der Waals surface area contributed by atoms with E-state index in [2.05, 4.69) is 41.3 Å². The summed E-state index contributed by atoms with van der Waals surface area (Å²) in [7, 11) is 2.17. The van der Waals surface area contributed by atoms with E-state index in [4.69, 9.17) is 0 Å². The summed E-state index contributed by atoms with van der Waals surface area (Å²) < 4.78 is 0. The van der Waals surface area contributed by atoms with Crippen LogP contribution in [0.2, 0.25) is 0 Å². The van der Waals surface area contributed by atoms with Crippen molar-refractivity contribution in [3.8, 4) is 0 Å². The molecule has 116 valence electrons. The average molecular weight is 282 g/mol. The van der Waals surface area contributed by atoms with Gasteiger partial charge in [-0.15, -0.1) is 0 Å². The molecule has 5 heteroatoms. The fourth-order valence-electron chi connectivity index (χ4n) is 3.06. The molecule has 0 spiro atoms. The van der Waals surface area contributed by atoms with Crippen LogP contribution >= 0.6 is 0 Å². The van der Waals surface area contributed by atoms with E-state index in [-0.39, 0.29) is 11.4 Å². The number of amides is 1. The van der Waals surface area contributed by atoms with Gasteiger partial charge in [0.2, 0.25) is 5.91 Å². The molecule has 0 aliphatic carbocycles. The summed E-state index contributed by atoms with van der Waals surface area (Å²) >= 11 is 0. The summed E-state index contributed by atoms with van der Waals surface area (Å²) in [6, 6.07) is 0. The molecule has 2 heterocycles. The second kappa shape index (κ2) is 6.87. The van der Waals surface area contributed by atoms with Gasteiger partial charge in [0.1, 0.15) is 0 Å². The van der Waals surface area contributed by atoms with Crippen molar-refractivity contribution in [1.82, 2.24) is 20.4 Å². The largest absolute Gasteiger partial charge is 0.354 e. The highest BCUT2D eigenvalue weighted by Gasteiger charge is 2.29. The van der Waals surface area contributed by atoms with Crippen LogP contribution in [0.5, 0.6) is 0 Å². The number of carbonyl (C=O) groups is 1. The van der Waals surface area contributed by atoms with E-state index in [1.165, 1.54) is 0 Å². The fourth-order valence-corrected chi connectivity index (χ4v) is 3.06. The van der Waals surface area contributed by atoms with Crippen molar-refractivity contribution in [3.63, 3.8) is 0 Å². The van der Waals surface area contributed by atoms with Gasteiger partial charge in [0.15, 0.2) is 0 Å². The Labute approximate surface area is 123 Å². The number of nitrogens with one attached hydrogen (secondary N) is 2. The molecule has 0 saturated carbocycles. The Kier molecular flexibility index (Phi) is 5.41. The zero-order valence-corrected chi connectivity index (χ0v) is 13.2. The molecule has 0 aromatic heterocycles. The van der Waals surface area contributed by atoms with E-state index in [0.717, 1.165) is 52.2 Å². The molecule has 2 saturated heterocycles. The Morgan fingerprint density at radius 2 is 2.00 bits per heavy atom. The Balaban J connectivity index is 1.72. The quantitative estimate of drug-likeness (QED) is 0.752. The molecule has 0 aromatic rings. The lowest BCUT2D eigenvalue weighted by Crippen LogP contribution is -2.57. The molecule has 1 atom stereocenters. The smallest absolute Gasteiger partial charge is 0.220 e. The minimum atomic E-state index is 0.0465. The minimum absolute atomic E-state index is 0.0465. The van der Waals surface area contributed by atoms with Crippen molar-refractivity contribution >= 4 is 5.91 Å². The third-order valence-corrected chi connectivity index (χ3v) is 4.71. The molecule has 2 fully saturated rings. The zero-order chi connectivity index (χ0) is 14.6. The second-order valence-electron chi connectivity index (χ2n) is 6.94. The van der Waals surface area contributed by atoms with Gasteiger partial charge in [-0.3, -0.25) is 9.69 Å². The fraction of sp³-hybridized carbons (Fsp3) is 0.933. The Morgan fingerprint density at radius 1 is 1.30 bits per heavy atom. The molecule has 1 amide bonds. The summed E-state index contributed by atoms with van der Waals surface area (Å²) in [6.07, 6.45) is 1.81. The van der Waals surface area contributed by atoms with Gasteiger partial charge in [0, 0.05) is 44.7 Å². The van der Waals surface area contributed by atoms with Crippen LogP contribution < -0.4 is 10.6 Å². The number of likely N-dealkylation sites (N-methyl/N-ethyl adjacent to an activating group) is 1. The highest BCUT2D eigenvalue weighted by atomic mass is 16.1. The van der Waals surface area contributed by atoms with Crippen LogP contribution in [0, 0.1) is 5.92 Å². The SMILES string of the molecule is CN1CCN(C(C)(C)CNC(=O)CC2CCNC2)CC1. The minimum Gasteiger partial charge on any atom is -0.354 e. The molecule has 2 aliphatic rings. The number of rotatable bonds is 5. The van der Waals surface area contributed by atoms with E-state index in [1.54, 1.807) is 0 Å². The lowest BCUT2D eigenvalue weighted by atomic mass is 10.0. The number of hydrogen-bond acceptors (Lipinski definition) is 4. The van der Waals surface area contributed by atoms with Gasteiger partial charge in [-0.25, -0.2) is 0 Å². The number of nitrogens with zero attached hydrogens (tertiary/aromatic N) is 2. The normalized spacial score (nSPS) is 25.9. The number of piperazine rings is 1. The van der Waals surface area contributed by atoms with Crippen LogP contribution in [0.1, 0.15) is 26.7 Å². The molecular formula is C15H30N4O. The van der Waals surface area contributed by atoms with Gasteiger partial charge < -0.3 is 15.5 Å². The number of hydrogen-bond donors (Lipinski definition) is 2. The summed E-state index contributed by atoms with van der Waals surface area (Å²) in [6.45, 7) is 11.7. The average Bonchev–Trinajstić information content (AvgIpc) is 2.90. The van der Waals surface area contributed by atoms with E-state index in [1.807, 2.05) is 0 Å². The second-order valence-corrected chi connectivity index (χ2v) is 6.94. The van der Waals surface area contributed by atoms with Gasteiger partial charge in [0.05, 0.1) is 0 Å². The Bertz CT molecular complexity index is 318. The van der Waals surface area contributed by atoms with Gasteiger partial charge in [0.25, 0.3) is 0 Å². The molecule has 0 aromatic carbocycles. The maximum Gasteiger partial charge on any atom is 0.220 e. The van der Waals surface area contributed by atoms with Crippen LogP contribution in [0.3, 0.4) is 0 Å². The van der Waals surface area contributed by atoms with E-state index < -0.39 is 0 Å². The molecule has 2 rings (SSSR count). The molecule has 20 heavy (non-hydrogen) atoms. The van der Waals surface area contributed by atoms with Crippen molar-refractivity contribution < 1.29 is 4.79 Å². The summed E-state index contributed by atoms with van der Waals surface area (Å²) in [4.78, 5) is 16.9. The predicted molar refractivity (Wildman–Crippen MR) is 81.8 cm³/mol. The van der Waals surface area contributed by atoms with Crippen LogP contribution in [-0.4, -0.2) is 74.1 Å². The van der Waals surface area contributed by atoms with Crippen molar-refractivity contribution in [1.29, 1.82) is 0 Å². The molecule has 1 unspecified atom stereocenters. The van der Waals surface area contributed by atoms with Gasteiger partial charge in [-0.1, -0.05) is 0 Å². The van der Waals surface area contributed by atoms with Crippen molar-refractivity contribution in [2.75, 3.05) is 52.9 Å². The van der Waals surface area contributed by atoms with Gasteiger partial charge in [-0.05, 0) is 46.3 Å². The van der Waals surface area contributed by atoms with Crippen molar-refractivity contribution in [3.05, 3.63) is 0 Å². The molecule has 0 bridgehead atoms. The monoisotopic (exact) mass is 282 g/mol. The topological polar surface area (TPSA) is 47.6 Å². The maximum atomic E-state index is 12.0. The first-order valence-corrected chi connectivity index (χ1v) is 7.88. The lowest BCUT2D eigenvalue weighted by Gasteiger charge is -2.43. The van der Waals surface area contributed by atoms with E-state index >= 15 is 0 Å². The molecular weight excluding hydrogens is 252 g/mol.